The molecule has 1 unspecified atom stereocenters. The first-order chi connectivity index (χ1) is 12.3. The van der Waals surface area contributed by atoms with Gasteiger partial charge in [-0.3, -0.25) is 0 Å². The average molecular weight is 395 g/mol. The third kappa shape index (κ3) is 4.52. The van der Waals surface area contributed by atoms with Crippen LogP contribution in [0.4, 0.5) is 5.95 Å². The smallest absolute Gasteiger partial charge is 0.225 e. The predicted molar refractivity (Wildman–Crippen MR) is 104 cm³/mol. The molecule has 6 nitrogen and oxygen atoms in total. The van der Waals surface area contributed by atoms with Crippen LogP contribution >= 0.6 is 11.6 Å². The Morgan fingerprint density at radius 3 is 2.85 bits per heavy atom. The topological polar surface area (TPSA) is 75.2 Å². The van der Waals surface area contributed by atoms with Crippen molar-refractivity contribution >= 4 is 27.4 Å². The van der Waals surface area contributed by atoms with Crippen molar-refractivity contribution in [2.24, 2.45) is 0 Å². The van der Waals surface area contributed by atoms with Crippen LogP contribution in [0.3, 0.4) is 0 Å². The van der Waals surface area contributed by atoms with E-state index in [1.54, 1.807) is 0 Å². The number of sulfone groups is 1. The number of hydrogen-bond acceptors (Lipinski definition) is 6. The molecular weight excluding hydrogens is 372 g/mol. The van der Waals surface area contributed by atoms with E-state index in [4.69, 9.17) is 11.6 Å². The van der Waals surface area contributed by atoms with Gasteiger partial charge in [-0.2, -0.15) is 0 Å². The lowest BCUT2D eigenvalue weighted by atomic mass is 9.96. The van der Waals surface area contributed by atoms with Gasteiger partial charge in [0, 0.05) is 37.3 Å². The Morgan fingerprint density at radius 1 is 1.38 bits per heavy atom. The highest BCUT2D eigenvalue weighted by Gasteiger charge is 2.25. The Kier molecular flexibility index (Phi) is 5.79. The largest absolute Gasteiger partial charge is 0.340 e. The summed E-state index contributed by atoms with van der Waals surface area (Å²) in [5, 5.41) is 4.00. The Balaban J connectivity index is 1.92. The molecule has 140 valence electrons. The Hall–Kier alpha value is -1.70. The first-order valence-electron chi connectivity index (χ1n) is 8.58. The van der Waals surface area contributed by atoms with Crippen molar-refractivity contribution in [2.45, 2.75) is 30.2 Å². The first kappa shape index (κ1) is 19.1. The second-order valence-corrected chi connectivity index (χ2v) is 9.14. The number of hydrogen-bond donors (Lipinski definition) is 1. The normalized spacial score (nSPS) is 17.9. The highest BCUT2D eigenvalue weighted by Crippen LogP contribution is 2.28. The maximum Gasteiger partial charge on any atom is 0.225 e. The molecule has 0 aliphatic carbocycles. The number of nitrogens with one attached hydrogen (secondary N) is 1. The molecule has 2 heterocycles. The van der Waals surface area contributed by atoms with Gasteiger partial charge in [-0.25, -0.2) is 18.4 Å². The molecule has 1 saturated heterocycles. The number of benzene rings is 1. The van der Waals surface area contributed by atoms with Crippen molar-refractivity contribution < 1.29 is 8.42 Å². The minimum absolute atomic E-state index is 0.0785. The van der Waals surface area contributed by atoms with Gasteiger partial charge in [0.15, 0.2) is 9.84 Å². The molecule has 1 atom stereocenters. The highest BCUT2D eigenvalue weighted by atomic mass is 35.5. The molecule has 1 N–H and O–H groups in total. The summed E-state index contributed by atoms with van der Waals surface area (Å²) in [5.74, 6) is 0.591. The van der Waals surface area contributed by atoms with Crippen LogP contribution in [0, 0.1) is 0 Å². The molecule has 1 aromatic carbocycles. The van der Waals surface area contributed by atoms with E-state index in [1.807, 2.05) is 36.2 Å². The molecule has 0 amide bonds. The van der Waals surface area contributed by atoms with Gasteiger partial charge in [-0.05, 0) is 37.1 Å². The number of anilines is 1. The maximum absolute atomic E-state index is 12.2. The van der Waals surface area contributed by atoms with Gasteiger partial charge in [0.2, 0.25) is 5.95 Å². The monoisotopic (exact) mass is 394 g/mol. The van der Waals surface area contributed by atoms with Gasteiger partial charge in [-0.15, -0.1) is 0 Å². The van der Waals surface area contributed by atoms with Gasteiger partial charge in [0.25, 0.3) is 0 Å². The van der Waals surface area contributed by atoms with Crippen LogP contribution in [0.15, 0.2) is 35.4 Å². The lowest BCUT2D eigenvalue weighted by molar-refractivity contribution is 0.447. The number of nitrogens with zero attached hydrogens (tertiary/aromatic N) is 3. The lowest BCUT2D eigenvalue weighted by Crippen LogP contribution is -2.30. The molecule has 26 heavy (non-hydrogen) atoms. The molecule has 0 radical (unpaired) electrons. The molecule has 0 spiro atoms. The summed E-state index contributed by atoms with van der Waals surface area (Å²) < 4.78 is 24.4. The molecule has 1 fully saturated rings. The summed E-state index contributed by atoms with van der Waals surface area (Å²) in [6, 6.07) is 7.61. The summed E-state index contributed by atoms with van der Waals surface area (Å²) in [4.78, 5) is 11.1. The van der Waals surface area contributed by atoms with E-state index >= 15 is 0 Å². The third-order valence-corrected chi connectivity index (χ3v) is 5.85. The second kappa shape index (κ2) is 7.90. The summed E-state index contributed by atoms with van der Waals surface area (Å²) in [7, 11) is -1.49. The number of aromatic nitrogens is 2. The van der Waals surface area contributed by atoms with E-state index in [9.17, 15) is 8.42 Å². The number of rotatable bonds is 5. The molecular formula is C18H23ClN4O2S. The summed E-state index contributed by atoms with van der Waals surface area (Å²) in [6.45, 7) is 2.27. The van der Waals surface area contributed by atoms with Crippen molar-refractivity contribution in [1.29, 1.82) is 0 Å². The Morgan fingerprint density at radius 2 is 2.19 bits per heavy atom. The third-order valence-electron chi connectivity index (χ3n) is 4.50. The summed E-state index contributed by atoms with van der Waals surface area (Å²) >= 11 is 6.05. The fourth-order valence-electron chi connectivity index (χ4n) is 3.20. The van der Waals surface area contributed by atoms with E-state index in [1.165, 1.54) is 12.5 Å². The molecule has 1 aliphatic rings. The molecule has 3 rings (SSSR count). The van der Waals surface area contributed by atoms with Gasteiger partial charge >= 0.3 is 0 Å². The molecule has 1 aliphatic heterocycles. The first-order valence-corrected chi connectivity index (χ1v) is 10.8. The van der Waals surface area contributed by atoms with Gasteiger partial charge in [-0.1, -0.05) is 23.7 Å². The standard InChI is InChI=1S/C18H23ClN4O2S/c1-23(12-13-5-3-7-15(19)9-13)18-21-11-16(26(2,24)25)17(22-18)14-6-4-8-20-10-14/h3,5,7,9,11,14,20H,4,6,8,10,12H2,1-2H3. The van der Waals surface area contributed by atoms with E-state index in [0.717, 1.165) is 31.5 Å². The zero-order chi connectivity index (χ0) is 18.7. The fourth-order valence-corrected chi connectivity index (χ4v) is 4.25. The lowest BCUT2D eigenvalue weighted by Gasteiger charge is -2.25. The predicted octanol–water partition coefficient (Wildman–Crippen LogP) is 2.64. The second-order valence-electron chi connectivity index (χ2n) is 6.72. The van der Waals surface area contributed by atoms with Crippen LogP contribution < -0.4 is 10.2 Å². The molecule has 0 saturated carbocycles. The van der Waals surface area contributed by atoms with Crippen molar-refractivity contribution in [1.82, 2.24) is 15.3 Å². The van der Waals surface area contributed by atoms with Gasteiger partial charge in [0.1, 0.15) is 4.90 Å². The highest BCUT2D eigenvalue weighted by molar-refractivity contribution is 7.90. The molecule has 0 bridgehead atoms. The zero-order valence-electron chi connectivity index (χ0n) is 14.9. The van der Waals surface area contributed by atoms with E-state index in [2.05, 4.69) is 15.3 Å². The van der Waals surface area contributed by atoms with Gasteiger partial charge < -0.3 is 10.2 Å². The summed E-state index contributed by atoms with van der Waals surface area (Å²) in [5.41, 5.74) is 1.65. The quantitative estimate of drug-likeness (QED) is 0.840. The minimum Gasteiger partial charge on any atom is -0.340 e. The summed E-state index contributed by atoms with van der Waals surface area (Å²) in [6.07, 6.45) is 4.58. The minimum atomic E-state index is -3.38. The molecule has 2 aromatic rings. The van der Waals surface area contributed by atoms with E-state index in [0.29, 0.717) is 23.2 Å². The Labute approximate surface area is 159 Å². The fraction of sp³-hybridized carbons (Fsp3) is 0.444. The maximum atomic E-state index is 12.2. The van der Waals surface area contributed by atoms with Crippen molar-refractivity contribution in [3.63, 3.8) is 0 Å². The van der Waals surface area contributed by atoms with Crippen LogP contribution in [0.1, 0.15) is 30.0 Å². The van der Waals surface area contributed by atoms with Crippen LogP contribution in [0.5, 0.6) is 0 Å². The average Bonchev–Trinajstić information content (AvgIpc) is 2.61. The van der Waals surface area contributed by atoms with E-state index in [-0.39, 0.29) is 10.8 Å². The van der Waals surface area contributed by atoms with Crippen LogP contribution in [-0.2, 0) is 16.4 Å². The van der Waals surface area contributed by atoms with Crippen LogP contribution in [-0.4, -0.2) is 44.8 Å². The van der Waals surface area contributed by atoms with Gasteiger partial charge in [0.05, 0.1) is 11.9 Å². The SMILES string of the molecule is CN(Cc1cccc(Cl)c1)c1ncc(S(C)(=O)=O)c(C2CCCNC2)n1. The van der Waals surface area contributed by atoms with E-state index < -0.39 is 9.84 Å². The molecule has 1 aromatic heterocycles. The van der Waals surface area contributed by atoms with Crippen molar-refractivity contribution in [2.75, 3.05) is 31.3 Å². The Bertz CT molecular complexity index is 883. The van der Waals surface area contributed by atoms with Crippen LogP contribution in [0.25, 0.3) is 0 Å². The van der Waals surface area contributed by atoms with Crippen LogP contribution in [0.2, 0.25) is 5.02 Å². The van der Waals surface area contributed by atoms with Crippen molar-refractivity contribution in [3.05, 3.63) is 46.7 Å². The molecule has 8 heteroatoms. The zero-order valence-corrected chi connectivity index (χ0v) is 16.5. The number of halogens is 1. The number of piperidine rings is 1. The van der Waals surface area contributed by atoms with Crippen molar-refractivity contribution in [3.8, 4) is 0 Å².